The maximum atomic E-state index is 14.2. The molecule has 0 aliphatic heterocycles. The van der Waals surface area contributed by atoms with Gasteiger partial charge in [-0.3, -0.25) is 4.79 Å². The van der Waals surface area contributed by atoms with Crippen molar-refractivity contribution in [1.29, 1.82) is 0 Å². The molecular formula is C21H16F5N9O. The highest BCUT2D eigenvalue weighted by atomic mass is 19.4. The van der Waals surface area contributed by atoms with Gasteiger partial charge in [-0.25, -0.2) is 23.4 Å². The molecule has 186 valence electrons. The van der Waals surface area contributed by atoms with Crippen LogP contribution in [0.3, 0.4) is 0 Å². The number of carbonyl (C=O) groups is 1. The van der Waals surface area contributed by atoms with Gasteiger partial charge >= 0.3 is 6.18 Å². The summed E-state index contributed by atoms with van der Waals surface area (Å²) in [7, 11) is 0. The normalized spacial score (nSPS) is 19.5. The number of nitrogens with zero attached hydrogens (tertiary/aromatic N) is 6. The summed E-state index contributed by atoms with van der Waals surface area (Å²) in [4.78, 5) is 19.8. The van der Waals surface area contributed by atoms with E-state index in [0.29, 0.717) is 5.39 Å². The fourth-order valence-electron chi connectivity index (χ4n) is 4.33. The molecule has 36 heavy (non-hydrogen) atoms. The van der Waals surface area contributed by atoms with Gasteiger partial charge in [0.05, 0.1) is 18.1 Å². The number of rotatable bonds is 5. The van der Waals surface area contributed by atoms with Crippen LogP contribution >= 0.6 is 0 Å². The first-order valence-electron chi connectivity index (χ1n) is 10.4. The molecule has 2 atom stereocenters. The van der Waals surface area contributed by atoms with E-state index in [4.69, 9.17) is 17.2 Å². The third kappa shape index (κ3) is 3.37. The van der Waals surface area contributed by atoms with Crippen LogP contribution in [0.1, 0.15) is 23.5 Å². The van der Waals surface area contributed by atoms with Crippen molar-refractivity contribution < 1.29 is 26.7 Å². The van der Waals surface area contributed by atoms with Crippen molar-refractivity contribution >= 4 is 28.6 Å². The molecule has 0 saturated heterocycles. The Morgan fingerprint density at radius 3 is 2.31 bits per heavy atom. The Morgan fingerprint density at radius 2 is 1.75 bits per heavy atom. The summed E-state index contributed by atoms with van der Waals surface area (Å²) in [6, 6.07) is 4.88. The van der Waals surface area contributed by atoms with Crippen LogP contribution < -0.4 is 17.2 Å². The minimum absolute atomic E-state index is 0.0504. The molecule has 6 N–H and O–H groups in total. The van der Waals surface area contributed by atoms with Crippen LogP contribution in [0.2, 0.25) is 0 Å². The number of amides is 1. The fourth-order valence-corrected chi connectivity index (χ4v) is 4.33. The predicted molar refractivity (Wildman–Crippen MR) is 116 cm³/mol. The number of aromatic nitrogens is 6. The van der Waals surface area contributed by atoms with Gasteiger partial charge < -0.3 is 17.2 Å². The topological polar surface area (TPSA) is 165 Å². The van der Waals surface area contributed by atoms with E-state index in [1.807, 2.05) is 0 Å². The molecule has 3 aromatic heterocycles. The molecule has 4 aromatic rings. The van der Waals surface area contributed by atoms with E-state index in [2.05, 4.69) is 25.3 Å². The fraction of sp³-hybridized carbons (Fsp3) is 0.238. The number of fused-ring (bicyclic) bond motifs is 1. The molecule has 1 aliphatic rings. The van der Waals surface area contributed by atoms with Gasteiger partial charge in [-0.15, -0.1) is 5.10 Å². The van der Waals surface area contributed by atoms with Crippen molar-refractivity contribution in [2.75, 3.05) is 11.5 Å². The van der Waals surface area contributed by atoms with E-state index in [1.54, 1.807) is 0 Å². The van der Waals surface area contributed by atoms with Gasteiger partial charge in [0.15, 0.2) is 16.9 Å². The lowest BCUT2D eigenvalue weighted by molar-refractivity contribution is -0.191. The molecule has 0 radical (unpaired) electrons. The Morgan fingerprint density at radius 1 is 1.11 bits per heavy atom. The van der Waals surface area contributed by atoms with Gasteiger partial charge in [-0.1, -0.05) is 6.07 Å². The van der Waals surface area contributed by atoms with Crippen molar-refractivity contribution in [1.82, 2.24) is 29.9 Å². The molecule has 1 amide bonds. The quantitative estimate of drug-likeness (QED) is 0.348. The molecule has 0 spiro atoms. The molecule has 1 saturated carbocycles. The summed E-state index contributed by atoms with van der Waals surface area (Å²) in [5, 5.41) is 12.3. The summed E-state index contributed by atoms with van der Waals surface area (Å²) >= 11 is 0. The number of nitrogens with two attached hydrogens (primary N) is 3. The maximum absolute atomic E-state index is 14.2. The van der Waals surface area contributed by atoms with Crippen molar-refractivity contribution in [3.8, 4) is 11.5 Å². The third-order valence-corrected chi connectivity index (χ3v) is 6.26. The summed E-state index contributed by atoms with van der Waals surface area (Å²) in [6.07, 6.45) is -4.22. The minimum atomic E-state index is -4.92. The molecule has 15 heteroatoms. The average molecular weight is 505 g/mol. The second-order valence-electron chi connectivity index (χ2n) is 8.30. The first kappa shape index (κ1) is 23.3. The van der Waals surface area contributed by atoms with Gasteiger partial charge in [0.2, 0.25) is 5.91 Å². The van der Waals surface area contributed by atoms with E-state index in [-0.39, 0.29) is 46.5 Å². The van der Waals surface area contributed by atoms with Crippen molar-refractivity contribution in [3.05, 3.63) is 53.2 Å². The zero-order chi connectivity index (χ0) is 26.0. The number of benzene rings is 1. The molecular weight excluding hydrogens is 489 g/mol. The van der Waals surface area contributed by atoms with E-state index in [0.717, 1.165) is 12.1 Å². The first-order valence-corrected chi connectivity index (χ1v) is 10.4. The highest BCUT2D eigenvalue weighted by Crippen LogP contribution is 2.68. The molecule has 1 fully saturated rings. The third-order valence-electron chi connectivity index (χ3n) is 6.26. The van der Waals surface area contributed by atoms with Gasteiger partial charge in [0.1, 0.15) is 29.0 Å². The zero-order valence-corrected chi connectivity index (χ0v) is 18.1. The van der Waals surface area contributed by atoms with Crippen LogP contribution in [0, 0.1) is 17.0 Å². The predicted octanol–water partition coefficient (Wildman–Crippen LogP) is 2.30. The Kier molecular flexibility index (Phi) is 5.05. The van der Waals surface area contributed by atoms with Crippen molar-refractivity contribution in [3.63, 3.8) is 0 Å². The number of nitrogen functional groups attached to an aromatic ring is 2. The number of hydrogen-bond acceptors (Lipinski definition) is 8. The van der Waals surface area contributed by atoms with Crippen LogP contribution in [0.4, 0.5) is 33.6 Å². The van der Waals surface area contributed by atoms with Gasteiger partial charge in [0, 0.05) is 17.0 Å². The minimum Gasteiger partial charge on any atom is -0.383 e. The lowest BCUT2D eigenvalue weighted by Gasteiger charge is -2.18. The molecule has 0 bridgehead atoms. The van der Waals surface area contributed by atoms with E-state index in [1.165, 1.54) is 23.0 Å². The SMILES string of the molecule is NC(=O)C1(C(F)(F)F)CC1c1c(N)nc(-c2nn(Cc3c(F)cccc3F)c3nnccc23)nc1N. The van der Waals surface area contributed by atoms with E-state index >= 15 is 0 Å². The smallest absolute Gasteiger partial charge is 0.383 e. The molecule has 3 heterocycles. The number of alkyl halides is 3. The molecule has 10 nitrogen and oxygen atoms in total. The standard InChI is InChI=1S/C21H16F5N9O/c22-11-2-1-3-12(23)9(11)7-35-18-8(4-5-30-33-18)14(34-35)17-31-15(27)13(16(28)32-17)10-6-20(10,19(29)36)21(24,25)26/h1-5,10H,6-7H2,(H2,29,36)(H4,27,28,31,32). The highest BCUT2D eigenvalue weighted by molar-refractivity contribution is 5.90. The number of primary amides is 1. The molecule has 5 rings (SSSR count). The van der Waals surface area contributed by atoms with Crippen LogP contribution in [-0.2, 0) is 11.3 Å². The zero-order valence-electron chi connectivity index (χ0n) is 18.1. The van der Waals surface area contributed by atoms with Crippen molar-refractivity contribution in [2.45, 2.75) is 25.1 Å². The summed E-state index contributed by atoms with van der Waals surface area (Å²) < 4.78 is 70.4. The Bertz CT molecular complexity index is 1490. The summed E-state index contributed by atoms with van der Waals surface area (Å²) in [5.74, 6) is -5.54. The highest BCUT2D eigenvalue weighted by Gasteiger charge is 2.76. The second kappa shape index (κ2) is 7.79. The van der Waals surface area contributed by atoms with E-state index in [9.17, 15) is 26.7 Å². The maximum Gasteiger partial charge on any atom is 0.403 e. The van der Waals surface area contributed by atoms with Crippen molar-refractivity contribution in [2.24, 2.45) is 11.1 Å². The number of halogens is 5. The number of hydrogen-bond donors (Lipinski definition) is 3. The first-order chi connectivity index (χ1) is 17.0. The Hall–Kier alpha value is -4.43. The lowest BCUT2D eigenvalue weighted by atomic mass is 9.98. The number of carbonyl (C=O) groups excluding carboxylic acids is 1. The molecule has 1 aromatic carbocycles. The van der Waals surface area contributed by atoms with Gasteiger partial charge in [-0.05, 0) is 24.6 Å². The van der Waals surface area contributed by atoms with Crippen LogP contribution in [-0.4, -0.2) is 42.0 Å². The largest absolute Gasteiger partial charge is 0.403 e. The Labute approximate surface area is 198 Å². The van der Waals surface area contributed by atoms with Gasteiger partial charge in [0.25, 0.3) is 0 Å². The van der Waals surface area contributed by atoms with Crippen LogP contribution in [0.15, 0.2) is 30.5 Å². The summed E-state index contributed by atoms with van der Waals surface area (Å²) in [5.41, 5.74) is 13.8. The molecule has 1 aliphatic carbocycles. The number of anilines is 2. The Balaban J connectivity index is 1.59. The van der Waals surface area contributed by atoms with Crippen LogP contribution in [0.5, 0.6) is 0 Å². The average Bonchev–Trinajstić information content (AvgIpc) is 3.45. The second-order valence-corrected chi connectivity index (χ2v) is 8.30. The van der Waals surface area contributed by atoms with E-state index < -0.39 is 41.5 Å². The molecule has 2 unspecified atom stereocenters. The van der Waals surface area contributed by atoms with Gasteiger partial charge in [-0.2, -0.15) is 23.4 Å². The monoisotopic (exact) mass is 505 g/mol. The summed E-state index contributed by atoms with van der Waals surface area (Å²) in [6.45, 7) is -0.356. The lowest BCUT2D eigenvalue weighted by Crippen LogP contribution is -2.39. The van der Waals surface area contributed by atoms with Crippen LogP contribution in [0.25, 0.3) is 22.6 Å².